The minimum atomic E-state index is -0.0739. The number of hydrogen-bond donors (Lipinski definition) is 2. The predicted molar refractivity (Wildman–Crippen MR) is 101 cm³/mol. The number of nitrogens with one attached hydrogen (secondary N) is 2. The van der Waals surface area contributed by atoms with Crippen LogP contribution in [0.5, 0.6) is 0 Å². The van der Waals surface area contributed by atoms with Crippen molar-refractivity contribution < 1.29 is 4.74 Å². The van der Waals surface area contributed by atoms with Crippen LogP contribution >= 0.6 is 0 Å². The Bertz CT molecular complexity index is 533. The maximum atomic E-state index is 5.83. The summed E-state index contributed by atoms with van der Waals surface area (Å²) in [5, 5.41) is 6.85. The molecule has 1 aromatic carbocycles. The summed E-state index contributed by atoms with van der Waals surface area (Å²) in [4.78, 5) is 6.57. The van der Waals surface area contributed by atoms with Gasteiger partial charge in [0.25, 0.3) is 0 Å². The van der Waals surface area contributed by atoms with E-state index in [2.05, 4.69) is 72.7 Å². The average Bonchev–Trinajstić information content (AvgIpc) is 2.99. The first-order chi connectivity index (χ1) is 11.4. The van der Waals surface area contributed by atoms with E-state index in [1.54, 1.807) is 0 Å². The number of benzene rings is 1. The van der Waals surface area contributed by atoms with E-state index in [1.165, 1.54) is 11.1 Å². The Kier molecular flexibility index (Phi) is 6.63. The molecule has 1 saturated heterocycles. The van der Waals surface area contributed by atoms with Gasteiger partial charge in [0.15, 0.2) is 5.96 Å². The first-order valence-corrected chi connectivity index (χ1v) is 8.75. The molecule has 1 aromatic rings. The van der Waals surface area contributed by atoms with Crippen LogP contribution in [0.1, 0.15) is 36.9 Å². The summed E-state index contributed by atoms with van der Waals surface area (Å²) in [7, 11) is 6.02. The highest BCUT2D eigenvalue weighted by atomic mass is 16.5. The number of likely N-dealkylation sites (N-methyl/N-ethyl adjacent to an activating group) is 1. The van der Waals surface area contributed by atoms with E-state index in [1.807, 2.05) is 7.05 Å². The van der Waals surface area contributed by atoms with Gasteiger partial charge in [-0.2, -0.15) is 0 Å². The van der Waals surface area contributed by atoms with Crippen molar-refractivity contribution in [2.75, 3.05) is 40.8 Å². The van der Waals surface area contributed by atoms with Crippen molar-refractivity contribution in [1.29, 1.82) is 0 Å². The zero-order valence-electron chi connectivity index (χ0n) is 15.7. The van der Waals surface area contributed by atoms with Crippen LogP contribution in [0.15, 0.2) is 29.3 Å². The molecule has 0 aliphatic carbocycles. The third kappa shape index (κ3) is 5.21. The zero-order valence-corrected chi connectivity index (χ0v) is 15.7. The molecule has 24 heavy (non-hydrogen) atoms. The van der Waals surface area contributed by atoms with Crippen molar-refractivity contribution in [2.45, 2.75) is 38.3 Å². The number of ether oxygens (including phenoxy) is 1. The molecule has 1 heterocycles. The lowest BCUT2D eigenvalue weighted by molar-refractivity contribution is 0.0242. The van der Waals surface area contributed by atoms with Crippen molar-refractivity contribution in [3.8, 4) is 0 Å². The molecular formula is C19H32N4O. The number of guanidine groups is 1. The van der Waals surface area contributed by atoms with E-state index in [0.717, 1.165) is 38.5 Å². The second-order valence-corrected chi connectivity index (χ2v) is 7.10. The Balaban J connectivity index is 1.90. The van der Waals surface area contributed by atoms with Gasteiger partial charge in [-0.25, -0.2) is 0 Å². The van der Waals surface area contributed by atoms with Gasteiger partial charge >= 0.3 is 0 Å². The number of aryl methyl sites for hydroxylation is 1. The molecule has 2 rings (SSSR count). The molecule has 134 valence electrons. The van der Waals surface area contributed by atoms with Gasteiger partial charge in [0.2, 0.25) is 0 Å². The van der Waals surface area contributed by atoms with Gasteiger partial charge in [-0.3, -0.25) is 4.99 Å². The van der Waals surface area contributed by atoms with Crippen LogP contribution in [0.4, 0.5) is 0 Å². The van der Waals surface area contributed by atoms with E-state index in [0.29, 0.717) is 6.04 Å². The second-order valence-electron chi connectivity index (χ2n) is 7.10. The first kappa shape index (κ1) is 18.7. The second kappa shape index (κ2) is 8.49. The summed E-state index contributed by atoms with van der Waals surface area (Å²) in [5.74, 6) is 0.825. The first-order valence-electron chi connectivity index (χ1n) is 8.75. The summed E-state index contributed by atoms with van der Waals surface area (Å²) in [5.41, 5.74) is 2.52. The molecule has 1 aliphatic rings. The van der Waals surface area contributed by atoms with Crippen molar-refractivity contribution in [2.24, 2.45) is 4.99 Å². The predicted octanol–water partition coefficient (Wildman–Crippen LogP) is 2.33. The van der Waals surface area contributed by atoms with Crippen molar-refractivity contribution in [1.82, 2.24) is 15.5 Å². The molecule has 0 spiro atoms. The number of aliphatic imine (C=N–C) groups is 1. The van der Waals surface area contributed by atoms with Gasteiger partial charge in [0.05, 0.1) is 11.6 Å². The Morgan fingerprint density at radius 1 is 1.29 bits per heavy atom. The van der Waals surface area contributed by atoms with E-state index in [9.17, 15) is 0 Å². The molecule has 2 unspecified atom stereocenters. The minimum Gasteiger partial charge on any atom is -0.373 e. The van der Waals surface area contributed by atoms with Crippen LogP contribution in [0.25, 0.3) is 0 Å². The van der Waals surface area contributed by atoms with Crippen LogP contribution in [0, 0.1) is 6.92 Å². The third-order valence-electron chi connectivity index (χ3n) is 4.70. The van der Waals surface area contributed by atoms with Gasteiger partial charge in [-0.15, -0.1) is 0 Å². The molecular weight excluding hydrogens is 300 g/mol. The highest BCUT2D eigenvalue weighted by Crippen LogP contribution is 2.23. The van der Waals surface area contributed by atoms with E-state index < -0.39 is 0 Å². The van der Waals surface area contributed by atoms with Gasteiger partial charge in [0, 0.05) is 26.7 Å². The van der Waals surface area contributed by atoms with Gasteiger partial charge in [0.1, 0.15) is 0 Å². The molecule has 1 fully saturated rings. The fraction of sp³-hybridized carbons (Fsp3) is 0.632. The van der Waals surface area contributed by atoms with Crippen molar-refractivity contribution in [3.63, 3.8) is 0 Å². The summed E-state index contributed by atoms with van der Waals surface area (Å²) >= 11 is 0. The number of rotatable bonds is 6. The molecule has 0 saturated carbocycles. The quantitative estimate of drug-likeness (QED) is 0.620. The van der Waals surface area contributed by atoms with Crippen LogP contribution in [-0.4, -0.2) is 57.3 Å². The Hall–Kier alpha value is -1.59. The third-order valence-corrected chi connectivity index (χ3v) is 4.70. The lowest BCUT2D eigenvalue weighted by Crippen LogP contribution is -2.47. The molecule has 5 nitrogen and oxygen atoms in total. The van der Waals surface area contributed by atoms with Gasteiger partial charge in [-0.05, 0) is 46.3 Å². The van der Waals surface area contributed by atoms with Crippen LogP contribution in [-0.2, 0) is 4.74 Å². The largest absolute Gasteiger partial charge is 0.373 e. The summed E-state index contributed by atoms with van der Waals surface area (Å²) < 4.78 is 5.83. The summed E-state index contributed by atoms with van der Waals surface area (Å²) in [6.07, 6.45) is 2.24. The Morgan fingerprint density at radius 2 is 2.00 bits per heavy atom. The monoisotopic (exact) mass is 332 g/mol. The SMILES string of the molecule is CN=C(NCC(c1ccc(C)cc1)N(C)C)NCC1(C)CCCO1. The average molecular weight is 332 g/mol. The molecule has 0 bridgehead atoms. The Morgan fingerprint density at radius 3 is 2.54 bits per heavy atom. The molecule has 1 aliphatic heterocycles. The van der Waals surface area contributed by atoms with Gasteiger partial charge in [-0.1, -0.05) is 29.8 Å². The van der Waals surface area contributed by atoms with E-state index >= 15 is 0 Å². The number of hydrogen-bond acceptors (Lipinski definition) is 3. The topological polar surface area (TPSA) is 48.9 Å². The summed E-state index contributed by atoms with van der Waals surface area (Å²) in [6.45, 7) is 6.72. The fourth-order valence-electron chi connectivity index (χ4n) is 3.05. The molecule has 0 aromatic heterocycles. The molecule has 0 radical (unpaired) electrons. The lowest BCUT2D eigenvalue weighted by Gasteiger charge is -2.28. The summed E-state index contributed by atoms with van der Waals surface area (Å²) in [6, 6.07) is 9.02. The van der Waals surface area contributed by atoms with E-state index in [-0.39, 0.29) is 5.60 Å². The van der Waals surface area contributed by atoms with Crippen LogP contribution in [0.2, 0.25) is 0 Å². The molecule has 2 atom stereocenters. The maximum Gasteiger partial charge on any atom is 0.191 e. The van der Waals surface area contributed by atoms with Gasteiger partial charge < -0.3 is 20.3 Å². The van der Waals surface area contributed by atoms with Crippen molar-refractivity contribution in [3.05, 3.63) is 35.4 Å². The molecule has 0 amide bonds. The molecule has 5 heteroatoms. The standard InChI is InChI=1S/C19H32N4O/c1-15-7-9-16(10-8-15)17(23(4)5)13-21-18(20-3)22-14-19(2)11-6-12-24-19/h7-10,17H,6,11-14H2,1-5H3,(H2,20,21,22). The Labute approximate surface area is 146 Å². The molecule has 2 N–H and O–H groups in total. The lowest BCUT2D eigenvalue weighted by atomic mass is 10.0. The zero-order chi connectivity index (χ0) is 17.6. The number of nitrogens with zero attached hydrogens (tertiary/aromatic N) is 2. The maximum absolute atomic E-state index is 5.83. The van der Waals surface area contributed by atoms with Crippen LogP contribution < -0.4 is 10.6 Å². The van der Waals surface area contributed by atoms with E-state index in [4.69, 9.17) is 4.74 Å². The highest BCUT2D eigenvalue weighted by Gasteiger charge is 2.29. The minimum absolute atomic E-state index is 0.0739. The smallest absolute Gasteiger partial charge is 0.191 e. The normalized spacial score (nSPS) is 22.7. The van der Waals surface area contributed by atoms with Crippen molar-refractivity contribution >= 4 is 5.96 Å². The van der Waals surface area contributed by atoms with Crippen LogP contribution in [0.3, 0.4) is 0 Å². The fourth-order valence-corrected chi connectivity index (χ4v) is 3.05. The highest BCUT2D eigenvalue weighted by molar-refractivity contribution is 5.79.